The van der Waals surface area contributed by atoms with Crippen LogP contribution >= 0.6 is 0 Å². The molecule has 0 saturated heterocycles. The molecule has 0 spiro atoms. The average molecular weight is 600 g/mol. The summed E-state index contributed by atoms with van der Waals surface area (Å²) in [5.74, 6) is 2.65. The first-order valence-corrected chi connectivity index (χ1v) is 14.0. The Hall–Kier alpha value is -3.21. The van der Waals surface area contributed by atoms with E-state index in [2.05, 4.69) is 22.0 Å². The molecule has 0 saturated carbocycles. The van der Waals surface area contributed by atoms with E-state index in [4.69, 9.17) is 15.9 Å². The van der Waals surface area contributed by atoms with Crippen molar-refractivity contribution in [2.45, 2.75) is 44.6 Å². The zero-order valence-electron chi connectivity index (χ0n) is 19.7. The SMILES string of the molecule is O=C(O)CC(C1=CC2=C(CC1)O[I-]O2)n1ccc2cc(OCCc3ccc4c(n3)NCCC4)ccc21. The molecule has 0 amide bonds. The Bertz CT molecular complexity index is 1380. The number of anilines is 1. The van der Waals surface area contributed by atoms with Crippen molar-refractivity contribution >= 4 is 22.7 Å². The van der Waals surface area contributed by atoms with Crippen LogP contribution in [-0.2, 0) is 23.8 Å². The van der Waals surface area contributed by atoms with Gasteiger partial charge >= 0.3 is 156 Å². The molecule has 3 aromatic rings. The zero-order valence-corrected chi connectivity index (χ0v) is 21.9. The number of fused-ring (bicyclic) bond motifs is 2. The van der Waals surface area contributed by atoms with Gasteiger partial charge in [-0.2, -0.15) is 0 Å². The second-order valence-corrected chi connectivity index (χ2v) is 10.5. The van der Waals surface area contributed by atoms with Gasteiger partial charge in [-0.05, 0) is 24.5 Å². The van der Waals surface area contributed by atoms with E-state index >= 15 is 0 Å². The van der Waals surface area contributed by atoms with Gasteiger partial charge in [-0.25, -0.2) is 4.98 Å². The van der Waals surface area contributed by atoms with Crippen LogP contribution in [0.5, 0.6) is 5.75 Å². The normalized spacial score (nSPS) is 17.6. The third-order valence-corrected chi connectivity index (χ3v) is 8.24. The van der Waals surface area contributed by atoms with Crippen molar-refractivity contribution in [2.24, 2.45) is 0 Å². The monoisotopic (exact) mass is 600 g/mol. The molecule has 188 valence electrons. The molecule has 4 heterocycles. The topological polar surface area (TPSA) is 94.8 Å². The predicted molar refractivity (Wildman–Crippen MR) is 130 cm³/mol. The van der Waals surface area contributed by atoms with E-state index in [1.807, 2.05) is 36.5 Å². The van der Waals surface area contributed by atoms with Gasteiger partial charge in [0.1, 0.15) is 5.82 Å². The van der Waals surface area contributed by atoms with Crippen LogP contribution < -0.4 is 32.1 Å². The summed E-state index contributed by atoms with van der Waals surface area (Å²) in [6.45, 7) is 1.52. The molecule has 9 heteroatoms. The predicted octanol–water partition coefficient (Wildman–Crippen LogP) is 1.93. The number of hydrogen-bond acceptors (Lipinski definition) is 6. The van der Waals surface area contributed by atoms with E-state index in [-0.39, 0.29) is 12.5 Å². The van der Waals surface area contributed by atoms with Gasteiger partial charge in [0.15, 0.2) is 0 Å². The van der Waals surface area contributed by atoms with Crippen molar-refractivity contribution in [3.05, 3.63) is 77.0 Å². The number of aromatic nitrogens is 2. The number of aliphatic carboxylic acids is 1. The van der Waals surface area contributed by atoms with Gasteiger partial charge in [-0.3, -0.25) is 0 Å². The fourth-order valence-corrected chi connectivity index (χ4v) is 6.36. The van der Waals surface area contributed by atoms with Crippen LogP contribution in [0.15, 0.2) is 65.8 Å². The number of carboxylic acid groups (broad SMARTS) is 1. The van der Waals surface area contributed by atoms with Crippen LogP contribution in [0.2, 0.25) is 0 Å². The van der Waals surface area contributed by atoms with Gasteiger partial charge in [0, 0.05) is 18.7 Å². The number of carbonyl (C=O) groups is 1. The van der Waals surface area contributed by atoms with Crippen molar-refractivity contribution in [1.29, 1.82) is 0 Å². The van der Waals surface area contributed by atoms with E-state index in [9.17, 15) is 9.90 Å². The molecule has 1 unspecified atom stereocenters. The second-order valence-electron chi connectivity index (χ2n) is 9.22. The van der Waals surface area contributed by atoms with Crippen molar-refractivity contribution < 1.29 is 42.8 Å². The van der Waals surface area contributed by atoms with Crippen molar-refractivity contribution in [3.63, 3.8) is 0 Å². The molecule has 1 aliphatic carbocycles. The van der Waals surface area contributed by atoms with Gasteiger partial charge in [0.25, 0.3) is 0 Å². The molecule has 2 N–H and O–H groups in total. The number of hydrogen-bond donors (Lipinski definition) is 2. The van der Waals surface area contributed by atoms with Gasteiger partial charge in [-0.15, -0.1) is 0 Å². The Morgan fingerprint density at radius 1 is 1.19 bits per heavy atom. The standard InChI is InChI=1S/C27H27IN3O5/c32-26(33)16-23(18-4-8-24-25(15-18)36-28-35-24)31-12-9-19-14-21(6-7-22(19)31)34-13-10-20-5-3-17-2-1-11-29-27(17)30-20/h3,5-7,9,12,14-15,23H,1-2,4,8,10-11,13,16H2,(H,29,30)(H,32,33)/q-1. The number of halogens is 1. The van der Waals surface area contributed by atoms with Crippen LogP contribution in [0, 0.1) is 0 Å². The number of aryl methyl sites for hydroxylation is 1. The number of pyridine rings is 1. The Morgan fingerprint density at radius 2 is 2.14 bits per heavy atom. The van der Waals surface area contributed by atoms with E-state index in [1.165, 1.54) is 5.56 Å². The second kappa shape index (κ2) is 10.0. The minimum absolute atomic E-state index is 0.00895. The molecule has 0 bridgehead atoms. The van der Waals surface area contributed by atoms with E-state index in [0.717, 1.165) is 83.9 Å². The molecule has 8 nitrogen and oxygen atoms in total. The number of rotatable bonds is 8. The molecule has 1 aromatic carbocycles. The summed E-state index contributed by atoms with van der Waals surface area (Å²) in [4.78, 5) is 16.5. The molecule has 0 fully saturated rings. The van der Waals surface area contributed by atoms with E-state index in [1.54, 1.807) is 0 Å². The number of carboxylic acids is 1. The maximum atomic E-state index is 11.7. The number of ether oxygens (including phenoxy) is 1. The van der Waals surface area contributed by atoms with Crippen LogP contribution in [0.3, 0.4) is 0 Å². The third kappa shape index (κ3) is 4.76. The van der Waals surface area contributed by atoms with Gasteiger partial charge < -0.3 is 5.32 Å². The van der Waals surface area contributed by atoms with Crippen LogP contribution in [0.1, 0.15) is 43.0 Å². The molecule has 6 rings (SSSR count). The number of nitrogens with one attached hydrogen (secondary N) is 1. The van der Waals surface area contributed by atoms with Gasteiger partial charge in [0.05, 0.1) is 0 Å². The minimum atomic E-state index is -0.829. The number of nitrogens with zero attached hydrogens (tertiary/aromatic N) is 2. The summed E-state index contributed by atoms with van der Waals surface area (Å²) < 4.78 is 19.4. The third-order valence-electron chi connectivity index (χ3n) is 6.87. The molecular weight excluding hydrogens is 573 g/mol. The molecule has 3 aliphatic rings. The van der Waals surface area contributed by atoms with Crippen molar-refractivity contribution in [1.82, 2.24) is 9.55 Å². The van der Waals surface area contributed by atoms with Gasteiger partial charge in [-0.1, -0.05) is 6.07 Å². The number of allylic oxidation sites excluding steroid dienone is 3. The Balaban J connectivity index is 1.18. The molecule has 36 heavy (non-hydrogen) atoms. The molecular formula is C27H27IN3O5-. The van der Waals surface area contributed by atoms with Crippen LogP contribution in [-0.4, -0.2) is 33.8 Å². The Morgan fingerprint density at radius 3 is 3.06 bits per heavy atom. The maximum absolute atomic E-state index is 11.7. The first kappa shape index (κ1) is 23.2. The molecule has 1 atom stereocenters. The van der Waals surface area contributed by atoms with Gasteiger partial charge in [0.2, 0.25) is 0 Å². The van der Waals surface area contributed by atoms with E-state index in [0.29, 0.717) is 6.61 Å². The van der Waals surface area contributed by atoms with Crippen LogP contribution in [0.4, 0.5) is 5.82 Å². The summed E-state index contributed by atoms with van der Waals surface area (Å²) in [5, 5.41) is 14.0. The van der Waals surface area contributed by atoms with Crippen molar-refractivity contribution in [2.75, 3.05) is 18.5 Å². The number of benzene rings is 1. The van der Waals surface area contributed by atoms with Crippen LogP contribution in [0.25, 0.3) is 10.9 Å². The summed E-state index contributed by atoms with van der Waals surface area (Å²) in [6.07, 6.45) is 8.44. The summed E-state index contributed by atoms with van der Waals surface area (Å²) in [5.41, 5.74) is 4.33. The Kier molecular flexibility index (Phi) is 6.47. The Labute approximate surface area is 220 Å². The molecule has 2 aliphatic heterocycles. The fraction of sp³-hybridized carbons (Fsp3) is 0.333. The summed E-state index contributed by atoms with van der Waals surface area (Å²) in [7, 11) is 0. The summed E-state index contributed by atoms with van der Waals surface area (Å²) in [6, 6.07) is 12.0. The molecule has 2 aromatic heterocycles. The quantitative estimate of drug-likeness (QED) is 0.382. The zero-order chi connectivity index (χ0) is 24.5. The van der Waals surface area contributed by atoms with Crippen molar-refractivity contribution in [3.8, 4) is 5.75 Å². The first-order valence-electron chi connectivity index (χ1n) is 12.2. The fourth-order valence-electron chi connectivity index (χ4n) is 5.05. The summed E-state index contributed by atoms with van der Waals surface area (Å²) >= 11 is -0.732. The average Bonchev–Trinajstić information content (AvgIpc) is 3.53. The van der Waals surface area contributed by atoms with E-state index < -0.39 is 28.0 Å². The molecule has 0 radical (unpaired) electrons. The first-order chi connectivity index (χ1) is 17.6.